The molecule has 1 aliphatic rings. The zero-order chi connectivity index (χ0) is 16.8. The third-order valence-electron chi connectivity index (χ3n) is 4.23. The highest BCUT2D eigenvalue weighted by atomic mass is 16.5. The first-order chi connectivity index (χ1) is 11.7. The van der Waals surface area contributed by atoms with Gasteiger partial charge in [-0.1, -0.05) is 12.8 Å². The van der Waals surface area contributed by atoms with E-state index in [-0.39, 0.29) is 6.03 Å². The highest BCUT2D eigenvalue weighted by Crippen LogP contribution is 2.20. The second kappa shape index (κ2) is 7.77. The summed E-state index contributed by atoms with van der Waals surface area (Å²) in [5.74, 6) is 0.804. The Kier molecular flexibility index (Phi) is 5.25. The molecular weight excluding hydrogens is 304 g/mol. The Morgan fingerprint density at radius 3 is 2.67 bits per heavy atom. The number of amides is 2. The molecule has 6 heteroatoms. The summed E-state index contributed by atoms with van der Waals surface area (Å²) in [5.41, 5.74) is 2.58. The Morgan fingerprint density at radius 1 is 1.21 bits per heavy atom. The maximum atomic E-state index is 11.9. The van der Waals surface area contributed by atoms with Crippen molar-refractivity contribution >= 4 is 6.03 Å². The molecule has 1 aromatic carbocycles. The standard InChI is InChI=1S/C18H22N4O2/c1-24-16-8-6-13(7-9-16)17-10-15(20-12-21-17)11-19-18(23)22-14-4-2-3-5-14/h6-10,12,14H,2-5,11H2,1H3,(H2,19,22,23). The fourth-order valence-electron chi connectivity index (χ4n) is 2.89. The second-order valence-corrected chi connectivity index (χ2v) is 5.93. The molecule has 1 saturated carbocycles. The SMILES string of the molecule is COc1ccc(-c2cc(CNC(=O)NC3CCCC3)ncn2)cc1. The van der Waals surface area contributed by atoms with Crippen LogP contribution in [0.5, 0.6) is 5.75 Å². The molecule has 2 aromatic rings. The number of carbonyl (C=O) groups is 1. The zero-order valence-corrected chi connectivity index (χ0v) is 13.8. The van der Waals surface area contributed by atoms with Crippen molar-refractivity contribution in [3.8, 4) is 17.0 Å². The predicted octanol–water partition coefficient (Wildman–Crippen LogP) is 2.89. The number of hydrogen-bond donors (Lipinski definition) is 2. The topological polar surface area (TPSA) is 76.1 Å². The predicted molar refractivity (Wildman–Crippen MR) is 91.6 cm³/mol. The molecular formula is C18H22N4O2. The van der Waals surface area contributed by atoms with Crippen molar-refractivity contribution in [2.45, 2.75) is 38.3 Å². The third kappa shape index (κ3) is 4.22. The van der Waals surface area contributed by atoms with Crippen LogP contribution in [-0.2, 0) is 6.54 Å². The van der Waals surface area contributed by atoms with Crippen molar-refractivity contribution in [1.29, 1.82) is 0 Å². The smallest absolute Gasteiger partial charge is 0.315 e. The van der Waals surface area contributed by atoms with Gasteiger partial charge in [-0.25, -0.2) is 14.8 Å². The molecule has 0 saturated heterocycles. The van der Waals surface area contributed by atoms with Crippen LogP contribution in [0, 0.1) is 0 Å². The van der Waals surface area contributed by atoms with Gasteiger partial charge < -0.3 is 15.4 Å². The van der Waals surface area contributed by atoms with Crippen LogP contribution in [0.1, 0.15) is 31.4 Å². The van der Waals surface area contributed by atoms with Crippen LogP contribution in [0.25, 0.3) is 11.3 Å². The average Bonchev–Trinajstić information content (AvgIpc) is 3.13. The van der Waals surface area contributed by atoms with Crippen LogP contribution in [-0.4, -0.2) is 29.2 Å². The number of nitrogens with one attached hydrogen (secondary N) is 2. The van der Waals surface area contributed by atoms with E-state index in [4.69, 9.17) is 4.74 Å². The number of methoxy groups -OCH3 is 1. The van der Waals surface area contributed by atoms with Crippen molar-refractivity contribution in [3.63, 3.8) is 0 Å². The van der Waals surface area contributed by atoms with Gasteiger partial charge in [0.15, 0.2) is 0 Å². The van der Waals surface area contributed by atoms with Gasteiger partial charge in [0.1, 0.15) is 12.1 Å². The lowest BCUT2D eigenvalue weighted by atomic mass is 10.1. The van der Waals surface area contributed by atoms with Gasteiger partial charge in [0.05, 0.1) is 25.0 Å². The minimum Gasteiger partial charge on any atom is -0.497 e. The van der Waals surface area contributed by atoms with Crippen LogP contribution < -0.4 is 15.4 Å². The number of carbonyl (C=O) groups excluding carboxylic acids is 1. The highest BCUT2D eigenvalue weighted by Gasteiger charge is 2.16. The summed E-state index contributed by atoms with van der Waals surface area (Å²) in [7, 11) is 1.64. The van der Waals surface area contributed by atoms with Crippen LogP contribution in [0.4, 0.5) is 4.79 Å². The number of urea groups is 1. The van der Waals surface area contributed by atoms with Crippen LogP contribution in [0.15, 0.2) is 36.7 Å². The molecule has 2 N–H and O–H groups in total. The summed E-state index contributed by atoms with van der Waals surface area (Å²) in [6, 6.07) is 9.75. The number of ether oxygens (including phenoxy) is 1. The van der Waals surface area contributed by atoms with Gasteiger partial charge in [0.2, 0.25) is 0 Å². The van der Waals surface area contributed by atoms with E-state index >= 15 is 0 Å². The molecule has 3 rings (SSSR count). The van der Waals surface area contributed by atoms with E-state index in [0.717, 1.165) is 35.5 Å². The van der Waals surface area contributed by atoms with Gasteiger partial charge >= 0.3 is 6.03 Å². The first-order valence-electron chi connectivity index (χ1n) is 8.24. The highest BCUT2D eigenvalue weighted by molar-refractivity contribution is 5.74. The molecule has 0 aliphatic heterocycles. The van der Waals surface area contributed by atoms with Crippen LogP contribution >= 0.6 is 0 Å². The van der Waals surface area contributed by atoms with Crippen molar-refractivity contribution in [2.24, 2.45) is 0 Å². The number of nitrogens with zero attached hydrogens (tertiary/aromatic N) is 2. The number of rotatable bonds is 5. The van der Waals surface area contributed by atoms with E-state index in [2.05, 4.69) is 20.6 Å². The lowest BCUT2D eigenvalue weighted by Crippen LogP contribution is -2.40. The minimum absolute atomic E-state index is 0.133. The lowest BCUT2D eigenvalue weighted by molar-refractivity contribution is 0.236. The van der Waals surface area contributed by atoms with Crippen LogP contribution in [0.3, 0.4) is 0 Å². The first kappa shape index (κ1) is 16.2. The van der Waals surface area contributed by atoms with E-state index < -0.39 is 0 Å². The summed E-state index contributed by atoms with van der Waals surface area (Å²) < 4.78 is 5.16. The molecule has 6 nitrogen and oxygen atoms in total. The maximum absolute atomic E-state index is 11.9. The molecule has 1 aromatic heterocycles. The Hall–Kier alpha value is -2.63. The molecule has 1 fully saturated rings. The van der Waals surface area contributed by atoms with Gasteiger partial charge in [-0.15, -0.1) is 0 Å². The summed E-state index contributed by atoms with van der Waals surface area (Å²) >= 11 is 0. The first-order valence-corrected chi connectivity index (χ1v) is 8.24. The number of aromatic nitrogens is 2. The van der Waals surface area contributed by atoms with E-state index in [9.17, 15) is 4.79 Å². The Bertz CT molecular complexity index is 682. The van der Waals surface area contributed by atoms with Crippen molar-refractivity contribution in [2.75, 3.05) is 7.11 Å². The summed E-state index contributed by atoms with van der Waals surface area (Å²) in [5, 5.41) is 5.86. The Balaban J connectivity index is 1.59. The number of hydrogen-bond acceptors (Lipinski definition) is 4. The normalized spacial score (nSPS) is 14.4. The maximum Gasteiger partial charge on any atom is 0.315 e. The van der Waals surface area contributed by atoms with Gasteiger partial charge in [-0.05, 0) is 43.2 Å². The largest absolute Gasteiger partial charge is 0.497 e. The van der Waals surface area contributed by atoms with Crippen molar-refractivity contribution < 1.29 is 9.53 Å². The molecule has 1 aliphatic carbocycles. The second-order valence-electron chi connectivity index (χ2n) is 5.93. The summed E-state index contributed by atoms with van der Waals surface area (Å²) in [4.78, 5) is 20.4. The number of benzene rings is 1. The van der Waals surface area contributed by atoms with Gasteiger partial charge in [-0.2, -0.15) is 0 Å². The summed E-state index contributed by atoms with van der Waals surface area (Å²) in [6.07, 6.45) is 6.06. The lowest BCUT2D eigenvalue weighted by Gasteiger charge is -2.13. The monoisotopic (exact) mass is 326 g/mol. The van der Waals surface area contributed by atoms with E-state index in [0.29, 0.717) is 12.6 Å². The molecule has 126 valence electrons. The fraction of sp³-hybridized carbons (Fsp3) is 0.389. The van der Waals surface area contributed by atoms with Gasteiger partial charge in [-0.3, -0.25) is 0 Å². The molecule has 0 unspecified atom stereocenters. The molecule has 0 atom stereocenters. The van der Waals surface area contributed by atoms with Crippen molar-refractivity contribution in [1.82, 2.24) is 20.6 Å². The Morgan fingerprint density at radius 2 is 1.96 bits per heavy atom. The summed E-state index contributed by atoms with van der Waals surface area (Å²) in [6.45, 7) is 0.379. The quantitative estimate of drug-likeness (QED) is 0.886. The molecule has 0 radical (unpaired) electrons. The fourth-order valence-corrected chi connectivity index (χ4v) is 2.89. The van der Waals surface area contributed by atoms with E-state index in [1.807, 2.05) is 30.3 Å². The third-order valence-corrected chi connectivity index (χ3v) is 4.23. The van der Waals surface area contributed by atoms with Crippen molar-refractivity contribution in [3.05, 3.63) is 42.4 Å². The Labute approximate surface area is 141 Å². The molecule has 1 heterocycles. The molecule has 0 spiro atoms. The van der Waals surface area contributed by atoms with E-state index in [1.54, 1.807) is 7.11 Å². The minimum atomic E-state index is -0.133. The average molecular weight is 326 g/mol. The molecule has 0 bridgehead atoms. The molecule has 24 heavy (non-hydrogen) atoms. The van der Waals surface area contributed by atoms with Crippen LogP contribution in [0.2, 0.25) is 0 Å². The van der Waals surface area contributed by atoms with Gasteiger partial charge in [0.25, 0.3) is 0 Å². The van der Waals surface area contributed by atoms with Gasteiger partial charge in [0, 0.05) is 11.6 Å². The molecule has 2 amide bonds. The zero-order valence-electron chi connectivity index (χ0n) is 13.8. The van der Waals surface area contributed by atoms with E-state index in [1.165, 1.54) is 19.2 Å².